The van der Waals surface area contributed by atoms with Crippen molar-refractivity contribution in [2.24, 2.45) is 170 Å². The first kappa shape index (κ1) is 90.4. The molecule has 10 heteroatoms. The van der Waals surface area contributed by atoms with Crippen molar-refractivity contribution in [2.45, 2.75) is 379 Å². The molecule has 4 unspecified atom stereocenters. The summed E-state index contributed by atoms with van der Waals surface area (Å²) in [5, 5.41) is 0. The molecule has 1 aromatic rings. The van der Waals surface area contributed by atoms with E-state index in [1.165, 1.54) is 214 Å². The number of allylic oxidation sites excluding steroid dienone is 5. The molecule has 19 rings (SSSR count). The van der Waals surface area contributed by atoms with E-state index < -0.39 is 0 Å². The quantitative estimate of drug-likeness (QED) is 0.133. The molecule has 15 aliphatic carbocycles. The van der Waals surface area contributed by atoms with Crippen molar-refractivity contribution in [1.82, 2.24) is 0 Å². The van der Waals surface area contributed by atoms with Gasteiger partial charge in [-0.25, -0.2) is 0 Å². The van der Waals surface area contributed by atoms with Crippen LogP contribution in [0.4, 0.5) is 0 Å². The predicted octanol–water partition coefficient (Wildman–Crippen LogP) is 26.5. The van der Waals surface area contributed by atoms with E-state index in [2.05, 4.69) is 181 Å². The fourth-order valence-corrected chi connectivity index (χ4v) is 40.8. The van der Waals surface area contributed by atoms with Gasteiger partial charge in [0.05, 0.1) is 13.2 Å². The third-order valence-electron chi connectivity index (χ3n) is 44.5. The monoisotopic (exact) mass is 1730 g/mol. The third kappa shape index (κ3) is 14.1. The van der Waals surface area contributed by atoms with Crippen molar-refractivity contribution in [1.29, 1.82) is 0 Å². The average Bonchev–Trinajstić information content (AvgIpc) is 1.64. The molecule has 121 heavy (non-hydrogen) atoms. The number of ketones is 3. The van der Waals surface area contributed by atoms with Gasteiger partial charge < -0.3 is 23.7 Å². The molecule has 18 aliphatic rings. The van der Waals surface area contributed by atoms with Gasteiger partial charge >= 0.3 is 251 Å². The van der Waals surface area contributed by atoms with Gasteiger partial charge in [-0.1, -0.05) is 99.6 Å². The van der Waals surface area contributed by atoms with Gasteiger partial charge in [0.2, 0.25) is 0 Å². The second-order valence-electron chi connectivity index (χ2n) is 50.1. The van der Waals surface area contributed by atoms with Crippen LogP contribution in [0.1, 0.15) is 356 Å². The molecular weight excluding hydrogens is 1560 g/mol. The van der Waals surface area contributed by atoms with Crippen LogP contribution >= 0.6 is 0 Å². The van der Waals surface area contributed by atoms with Crippen LogP contribution in [0.15, 0.2) is 78.9 Å². The predicted molar refractivity (Wildman–Crippen MR) is 491 cm³/mol. The number of hydrogen-bond acceptors (Lipinski definition) is 9. The summed E-state index contributed by atoms with van der Waals surface area (Å²) in [6.07, 6.45) is 48.7. The molecular formula is C111H170O9Se. The zero-order chi connectivity index (χ0) is 86.1. The third-order valence-corrected chi connectivity index (χ3v) is 47.1. The molecule has 0 radical (unpaired) electrons. The molecule has 0 spiro atoms. The fourth-order valence-electron chi connectivity index (χ4n) is 37.7. The SMILES string of the molecule is C=C(C)[C@@H]1CC[C@]2(COC3CCCCO3)CC[C@]3(C)[C@H](CC[C@@H]4[C@@]5(C)C=CC(=O)C(C)(C)[C@@H]5CC[C@]43C)[C@@H]12.C=C(C)[C@@H]1CC[C@]2(COC3CCCCO3)CC[C@]3(C)[C@H](CC[C@@H]4[C@@]5(C)CC([Se]c6ccccc6)C(=O)C(C)(C)[C@@H]5CC[C@]43C)[C@@H]12.C=C(C)[C@@H]1CC[C@]2(COC3CCCCO3)CC[C@]3(C)[C@H](CC[C@@H]4[C@@]5(C)CCC(=O)C(C)(C)[C@@H]5CC[C@]43C)[C@@H]12. The Kier molecular flexibility index (Phi) is 24.3. The number of fused-ring (bicyclic) bond motifs is 21. The van der Waals surface area contributed by atoms with E-state index >= 15 is 0 Å². The van der Waals surface area contributed by atoms with Crippen molar-refractivity contribution in [3.05, 3.63) is 78.9 Å². The Hall–Kier alpha value is -2.53. The maximum atomic E-state index is 14.2. The van der Waals surface area contributed by atoms with Crippen molar-refractivity contribution in [2.75, 3.05) is 39.6 Å². The van der Waals surface area contributed by atoms with Crippen LogP contribution in [0.5, 0.6) is 0 Å². The second-order valence-corrected chi connectivity index (χ2v) is 52.8. The van der Waals surface area contributed by atoms with Crippen molar-refractivity contribution >= 4 is 36.8 Å². The number of rotatable bonds is 14. The normalized spacial score (nSPS) is 50.0. The van der Waals surface area contributed by atoms with Crippen LogP contribution in [0, 0.1) is 170 Å². The van der Waals surface area contributed by atoms with Gasteiger partial charge in [0, 0.05) is 37.1 Å². The summed E-state index contributed by atoms with van der Waals surface area (Å²) in [5.41, 5.74) is 6.90. The van der Waals surface area contributed by atoms with Gasteiger partial charge in [-0.15, -0.1) is 0 Å². The van der Waals surface area contributed by atoms with Gasteiger partial charge in [0.15, 0.2) is 18.4 Å². The van der Waals surface area contributed by atoms with Gasteiger partial charge in [0.25, 0.3) is 0 Å². The standard InChI is InChI=1S/C41H60O3Se.C35H56O3.C35H54O3/c1-27(2)29-18-21-41(26-44-34-15-11-12-24-43-34)23-22-39(6)30(35(29)41)16-17-33-38(5)25-31(45-28-13-9-8-10-14-28)36(42)37(3,4)32(38)19-20-40(33,39)7;2*1-23(2)24-13-18-35(22-38-29-10-8-9-21-37-29)20-19-33(6)25(30(24)35)11-12-27-32(5)16-15-28(36)31(3,4)26(32)14-17-34(27,33)7/h8-10,13-14,29-35H,1,11-12,15-26H2,2-7H3;24-27,29-30H,1,8-22H2,2-7H3;15-16,24-27,29-30H,1,8-14,17-22H2,2-7H3/t29-,30+,31?,32-,33+,34?,35+,38-,39+,40+,41+;2*24-,25+,26-,27+,29?,30+,32-,33+,34+,35+/m000/s1. The van der Waals surface area contributed by atoms with E-state index in [4.69, 9.17) is 28.4 Å². The Morgan fingerprint density at radius 3 is 1.18 bits per heavy atom. The first-order valence-electron chi connectivity index (χ1n) is 50.8. The minimum Gasteiger partial charge on any atom is -0.353 e. The average molecular weight is 1730 g/mol. The van der Waals surface area contributed by atoms with Crippen LogP contribution in [-0.4, -0.2) is 90.8 Å². The molecule has 14 saturated carbocycles. The van der Waals surface area contributed by atoms with E-state index in [-0.39, 0.29) is 87.4 Å². The Labute approximate surface area is 742 Å². The Balaban J connectivity index is 0.000000130. The number of benzene rings is 1. The van der Waals surface area contributed by atoms with Crippen LogP contribution in [0.2, 0.25) is 4.82 Å². The molecule has 3 aliphatic heterocycles. The van der Waals surface area contributed by atoms with E-state index in [9.17, 15) is 14.4 Å². The molecule has 3 heterocycles. The number of Topliss-reactive ketones (excluding diaryl/α,β-unsaturated/α-hetero) is 2. The van der Waals surface area contributed by atoms with Crippen LogP contribution in [-0.2, 0) is 42.8 Å². The zero-order valence-corrected chi connectivity index (χ0v) is 81.6. The van der Waals surface area contributed by atoms with E-state index in [1.807, 2.05) is 6.08 Å². The zero-order valence-electron chi connectivity index (χ0n) is 79.9. The molecule has 0 amide bonds. The largest absolute Gasteiger partial charge is 0.353 e. The minimum absolute atomic E-state index is 0.00256. The maximum Gasteiger partial charge on any atom is 0.157 e. The minimum atomic E-state index is -0.251. The van der Waals surface area contributed by atoms with Crippen LogP contribution in [0.3, 0.4) is 0 Å². The number of carbonyl (C=O) groups is 3. The molecule has 0 N–H and O–H groups in total. The van der Waals surface area contributed by atoms with Crippen molar-refractivity contribution in [3.8, 4) is 0 Å². The van der Waals surface area contributed by atoms with Crippen LogP contribution in [0.25, 0.3) is 0 Å². The molecule has 0 aromatic heterocycles. The molecule has 31 atom stereocenters. The second kappa shape index (κ2) is 32.5. The summed E-state index contributed by atoms with van der Waals surface area (Å²) >= 11 is 0.184. The van der Waals surface area contributed by atoms with Gasteiger partial charge in [0.1, 0.15) is 5.78 Å². The first-order chi connectivity index (χ1) is 57.1. The summed E-state index contributed by atoms with van der Waals surface area (Å²) in [4.78, 5) is 40.4. The summed E-state index contributed by atoms with van der Waals surface area (Å²) in [5.74, 6) is 11.0. The smallest absolute Gasteiger partial charge is 0.157 e. The Morgan fingerprint density at radius 2 is 0.777 bits per heavy atom. The van der Waals surface area contributed by atoms with Gasteiger partial charge in [-0.2, -0.15) is 0 Å². The number of ether oxygens (including phenoxy) is 6. The fraction of sp³-hybridized carbons (Fsp3) is 0.847. The van der Waals surface area contributed by atoms with E-state index in [0.29, 0.717) is 115 Å². The molecule has 3 saturated heterocycles. The molecule has 9 nitrogen and oxygen atoms in total. The molecule has 0 bridgehead atoms. The first-order valence-corrected chi connectivity index (χ1v) is 52.7. The van der Waals surface area contributed by atoms with Gasteiger partial charge in [-0.3, -0.25) is 9.59 Å². The molecule has 17 fully saturated rings. The Morgan fingerprint density at radius 1 is 0.388 bits per heavy atom. The summed E-state index contributed by atoms with van der Waals surface area (Å²) < 4.78 is 39.5. The summed E-state index contributed by atoms with van der Waals surface area (Å²) in [6.45, 7) is 63.5. The van der Waals surface area contributed by atoms with Crippen molar-refractivity contribution in [3.63, 3.8) is 0 Å². The van der Waals surface area contributed by atoms with E-state index in [0.717, 1.165) is 102 Å². The summed E-state index contributed by atoms with van der Waals surface area (Å²) in [6, 6.07) is 10.9. The van der Waals surface area contributed by atoms with Gasteiger partial charge in [-0.05, 0) is 289 Å². The maximum absolute atomic E-state index is 14.2. The topological polar surface area (TPSA) is 107 Å². The Bertz CT molecular complexity index is 4060. The van der Waals surface area contributed by atoms with E-state index in [1.54, 1.807) is 0 Å². The molecule has 1 aromatic carbocycles. The number of carbonyl (C=O) groups excluding carboxylic acids is 3. The summed E-state index contributed by atoms with van der Waals surface area (Å²) in [7, 11) is 0. The van der Waals surface area contributed by atoms with Crippen molar-refractivity contribution < 1.29 is 42.8 Å². The van der Waals surface area contributed by atoms with Crippen LogP contribution < -0.4 is 4.46 Å². The number of hydrogen-bond donors (Lipinski definition) is 0. The molecule has 674 valence electrons.